The lowest BCUT2D eigenvalue weighted by atomic mass is 10.1. The first kappa shape index (κ1) is 21.2. The van der Waals surface area contributed by atoms with Gasteiger partial charge >= 0.3 is 5.97 Å². The Hall–Kier alpha value is -0.813. The van der Waals surface area contributed by atoms with Crippen LogP contribution in [0.3, 0.4) is 0 Å². The lowest BCUT2D eigenvalue weighted by Crippen LogP contribution is -2.40. The predicted molar refractivity (Wildman–Crippen MR) is 93.1 cm³/mol. The molecule has 0 aromatic rings. The minimum atomic E-state index is -1.94. The maximum atomic E-state index is 11.5. The highest BCUT2D eigenvalue weighted by Gasteiger charge is 2.39. The van der Waals surface area contributed by atoms with Gasteiger partial charge in [-0.1, -0.05) is 34.1 Å². The predicted octanol–water partition coefficient (Wildman–Crippen LogP) is 4.40. The van der Waals surface area contributed by atoms with Crippen molar-refractivity contribution >= 4 is 14.3 Å². The summed E-state index contributed by atoms with van der Waals surface area (Å²) in [5.41, 5.74) is 0. The van der Waals surface area contributed by atoms with Crippen molar-refractivity contribution in [2.75, 3.05) is 6.61 Å². The summed E-state index contributed by atoms with van der Waals surface area (Å²) in [6, 6.07) is 0. The first-order valence-electron chi connectivity index (χ1n) is 8.25. The molecular formula is C17H34O4Si. The normalized spacial score (nSPS) is 14.6. The summed E-state index contributed by atoms with van der Waals surface area (Å²) < 4.78 is 11.2. The van der Waals surface area contributed by atoms with E-state index >= 15 is 0 Å². The highest BCUT2D eigenvalue weighted by molar-refractivity contribution is 6.74. The highest BCUT2D eigenvalue weighted by atomic mass is 28.4. The van der Waals surface area contributed by atoms with Gasteiger partial charge in [0.05, 0.1) is 24.9 Å². The van der Waals surface area contributed by atoms with E-state index in [-0.39, 0.29) is 17.4 Å². The van der Waals surface area contributed by atoms with Gasteiger partial charge in [0.2, 0.25) is 8.32 Å². The SMILES string of the molecule is CCC/C=C(/CC(O)CC(=O)OCC)O[Si](C)(C)C(C)(C)C. The van der Waals surface area contributed by atoms with Crippen molar-refractivity contribution in [3.05, 3.63) is 11.8 Å². The number of aliphatic hydroxyl groups is 1. The average molecular weight is 331 g/mol. The highest BCUT2D eigenvalue weighted by Crippen LogP contribution is 2.38. The molecule has 0 bridgehead atoms. The summed E-state index contributed by atoms with van der Waals surface area (Å²) in [4.78, 5) is 11.5. The smallest absolute Gasteiger partial charge is 0.308 e. The number of rotatable bonds is 9. The van der Waals surface area contributed by atoms with Gasteiger partial charge in [-0.05, 0) is 37.6 Å². The molecule has 0 aliphatic heterocycles. The van der Waals surface area contributed by atoms with Crippen LogP contribution in [0.2, 0.25) is 18.1 Å². The van der Waals surface area contributed by atoms with Crippen LogP contribution in [-0.2, 0) is 14.0 Å². The van der Waals surface area contributed by atoms with Crippen molar-refractivity contribution in [2.45, 2.75) is 84.5 Å². The topological polar surface area (TPSA) is 55.8 Å². The van der Waals surface area contributed by atoms with Gasteiger partial charge in [-0.15, -0.1) is 0 Å². The molecule has 0 aliphatic rings. The van der Waals surface area contributed by atoms with Gasteiger partial charge in [0, 0.05) is 6.42 Å². The number of hydrogen-bond donors (Lipinski definition) is 1. The fraction of sp³-hybridized carbons (Fsp3) is 0.824. The molecule has 4 nitrogen and oxygen atoms in total. The third kappa shape index (κ3) is 7.99. The van der Waals surface area contributed by atoms with Crippen LogP contribution < -0.4 is 0 Å². The number of allylic oxidation sites excluding steroid dienone is 1. The average Bonchev–Trinajstić information content (AvgIpc) is 2.34. The molecule has 0 saturated heterocycles. The molecule has 1 atom stereocenters. The number of esters is 1. The summed E-state index contributed by atoms with van der Waals surface area (Å²) in [6.07, 6.45) is 3.61. The van der Waals surface area contributed by atoms with Gasteiger partial charge in [0.15, 0.2) is 0 Å². The van der Waals surface area contributed by atoms with E-state index in [0.29, 0.717) is 13.0 Å². The quantitative estimate of drug-likeness (QED) is 0.387. The largest absolute Gasteiger partial charge is 0.547 e. The van der Waals surface area contributed by atoms with Gasteiger partial charge in [-0.25, -0.2) is 0 Å². The van der Waals surface area contributed by atoms with Crippen molar-refractivity contribution in [1.82, 2.24) is 0 Å². The van der Waals surface area contributed by atoms with Crippen LogP contribution in [-0.4, -0.2) is 32.1 Å². The molecule has 22 heavy (non-hydrogen) atoms. The van der Waals surface area contributed by atoms with Crippen LogP contribution in [0.4, 0.5) is 0 Å². The Bertz CT molecular complexity index is 369. The Balaban J connectivity index is 4.83. The molecule has 0 rings (SSSR count). The van der Waals surface area contributed by atoms with E-state index in [0.717, 1.165) is 18.6 Å². The molecule has 0 heterocycles. The Morgan fingerprint density at radius 2 is 1.82 bits per heavy atom. The van der Waals surface area contributed by atoms with Gasteiger partial charge in [0.1, 0.15) is 0 Å². The zero-order valence-electron chi connectivity index (χ0n) is 15.4. The molecule has 0 radical (unpaired) electrons. The molecule has 130 valence electrons. The van der Waals surface area contributed by atoms with Gasteiger partial charge < -0.3 is 14.3 Å². The van der Waals surface area contributed by atoms with Crippen molar-refractivity contribution in [3.8, 4) is 0 Å². The first-order chi connectivity index (χ1) is 10.0. The minimum absolute atomic E-state index is 0.0121. The van der Waals surface area contributed by atoms with Gasteiger partial charge in [-0.2, -0.15) is 0 Å². The number of carbonyl (C=O) groups is 1. The maximum Gasteiger partial charge on any atom is 0.308 e. The van der Waals surface area contributed by atoms with E-state index in [9.17, 15) is 9.90 Å². The fourth-order valence-electron chi connectivity index (χ4n) is 1.67. The van der Waals surface area contributed by atoms with Crippen molar-refractivity contribution < 1.29 is 19.1 Å². The summed E-state index contributed by atoms with van der Waals surface area (Å²) in [7, 11) is -1.94. The molecule has 0 aliphatic carbocycles. The maximum absolute atomic E-state index is 11.5. The fourth-order valence-corrected chi connectivity index (χ4v) is 2.80. The van der Waals surface area contributed by atoms with E-state index in [1.54, 1.807) is 6.92 Å². The summed E-state index contributed by atoms with van der Waals surface area (Å²) in [5.74, 6) is 0.447. The molecule has 5 heteroatoms. The van der Waals surface area contributed by atoms with Crippen LogP contribution in [0.5, 0.6) is 0 Å². The van der Waals surface area contributed by atoms with E-state index in [1.165, 1.54) is 0 Å². The third-order valence-electron chi connectivity index (χ3n) is 4.00. The van der Waals surface area contributed by atoms with Gasteiger partial charge in [0.25, 0.3) is 0 Å². The number of ether oxygens (including phenoxy) is 1. The number of hydrogen-bond acceptors (Lipinski definition) is 4. The molecule has 0 saturated carbocycles. The third-order valence-corrected chi connectivity index (χ3v) is 8.38. The molecule has 0 aromatic heterocycles. The van der Waals surface area contributed by atoms with E-state index < -0.39 is 14.4 Å². The summed E-state index contributed by atoms with van der Waals surface area (Å²) in [5, 5.41) is 10.2. The van der Waals surface area contributed by atoms with Crippen LogP contribution >= 0.6 is 0 Å². The monoisotopic (exact) mass is 330 g/mol. The van der Waals surface area contributed by atoms with Crippen molar-refractivity contribution in [3.63, 3.8) is 0 Å². The van der Waals surface area contributed by atoms with Crippen LogP contribution in [0.15, 0.2) is 11.8 Å². The van der Waals surface area contributed by atoms with E-state index in [2.05, 4.69) is 46.9 Å². The molecular weight excluding hydrogens is 296 g/mol. The number of aliphatic hydroxyl groups excluding tert-OH is 1. The lowest BCUT2D eigenvalue weighted by Gasteiger charge is -2.37. The number of carbonyl (C=O) groups excluding carboxylic acids is 1. The van der Waals surface area contributed by atoms with Crippen LogP contribution in [0.25, 0.3) is 0 Å². The Morgan fingerprint density at radius 1 is 1.23 bits per heavy atom. The second-order valence-electron chi connectivity index (χ2n) is 7.19. The molecule has 0 amide bonds. The van der Waals surface area contributed by atoms with Gasteiger partial charge in [-0.3, -0.25) is 4.79 Å². The Labute approximate surface area is 137 Å². The second-order valence-corrected chi connectivity index (χ2v) is 11.9. The van der Waals surface area contributed by atoms with Crippen molar-refractivity contribution in [2.24, 2.45) is 0 Å². The Morgan fingerprint density at radius 3 is 2.27 bits per heavy atom. The Kier molecular flexibility index (Phi) is 9.01. The molecule has 0 aromatic carbocycles. The van der Waals surface area contributed by atoms with Crippen LogP contribution in [0.1, 0.15) is 60.3 Å². The molecule has 0 fully saturated rings. The minimum Gasteiger partial charge on any atom is -0.547 e. The molecule has 1 N–H and O–H groups in total. The lowest BCUT2D eigenvalue weighted by molar-refractivity contribution is -0.145. The zero-order valence-corrected chi connectivity index (χ0v) is 16.4. The summed E-state index contributed by atoms with van der Waals surface area (Å²) in [6.45, 7) is 15.1. The molecule has 0 spiro atoms. The second kappa shape index (κ2) is 9.35. The molecule has 1 unspecified atom stereocenters. The van der Waals surface area contributed by atoms with Crippen molar-refractivity contribution in [1.29, 1.82) is 0 Å². The van der Waals surface area contributed by atoms with E-state index in [4.69, 9.17) is 9.16 Å². The standard InChI is InChI=1S/C17H34O4Si/c1-8-10-11-15(21-22(6,7)17(3,4)5)12-14(18)13-16(19)20-9-2/h11,14,18H,8-10,12-13H2,1-7H3/b15-11-. The first-order valence-corrected chi connectivity index (χ1v) is 11.2. The zero-order chi connectivity index (χ0) is 17.4. The number of unbranched alkanes of at least 4 members (excludes halogenated alkanes) is 1. The van der Waals surface area contributed by atoms with E-state index in [1.807, 2.05) is 0 Å². The van der Waals surface area contributed by atoms with Crippen LogP contribution in [0, 0.1) is 0 Å². The summed E-state index contributed by atoms with van der Waals surface area (Å²) >= 11 is 0.